The van der Waals surface area contributed by atoms with Crippen LogP contribution in [0.2, 0.25) is 5.02 Å². The third-order valence-corrected chi connectivity index (χ3v) is 7.34. The summed E-state index contributed by atoms with van der Waals surface area (Å²) in [4.78, 5) is 45.7. The summed E-state index contributed by atoms with van der Waals surface area (Å²) in [6.07, 6.45) is 2.44. The number of nitrogens with one attached hydrogen (secondary N) is 1. The molecule has 3 aromatic rings. The molecule has 1 aromatic carbocycles. The number of amides is 2. The number of nitrogens with zero attached hydrogens (tertiary/aromatic N) is 3. The van der Waals surface area contributed by atoms with E-state index in [0.29, 0.717) is 45.6 Å². The number of carbonyl (C=O) groups excluding carboxylic acids is 2. The van der Waals surface area contributed by atoms with Crippen molar-refractivity contribution < 1.29 is 14.0 Å². The van der Waals surface area contributed by atoms with E-state index >= 15 is 0 Å². The van der Waals surface area contributed by atoms with Gasteiger partial charge in [0.25, 0.3) is 11.5 Å². The summed E-state index contributed by atoms with van der Waals surface area (Å²) >= 11 is 7.08. The molecule has 10 heteroatoms. The van der Waals surface area contributed by atoms with Crippen LogP contribution in [0, 0.1) is 24.6 Å². The number of anilines is 1. The van der Waals surface area contributed by atoms with Gasteiger partial charge in [0.2, 0.25) is 5.91 Å². The van der Waals surface area contributed by atoms with Gasteiger partial charge in [0.05, 0.1) is 27.3 Å². The normalized spacial score (nSPS) is 18.5. The molecular weight excluding hydrogens is 467 g/mol. The number of benzene rings is 1. The fourth-order valence-corrected chi connectivity index (χ4v) is 5.62. The summed E-state index contributed by atoms with van der Waals surface area (Å²) < 4.78 is 14.6. The molecule has 3 heterocycles. The first-order valence-electron chi connectivity index (χ1n) is 10.7. The van der Waals surface area contributed by atoms with Crippen molar-refractivity contribution in [1.82, 2.24) is 14.5 Å². The maximum absolute atomic E-state index is 13.3. The molecule has 2 unspecified atom stereocenters. The molecule has 7 nitrogen and oxygen atoms in total. The van der Waals surface area contributed by atoms with E-state index < -0.39 is 11.7 Å². The highest BCUT2D eigenvalue weighted by atomic mass is 35.5. The number of likely N-dealkylation sites (tertiary alicyclic amines) is 1. The fraction of sp³-hybridized carbons (Fsp3) is 0.391. The van der Waals surface area contributed by atoms with Gasteiger partial charge in [-0.3, -0.25) is 19.0 Å². The zero-order valence-electron chi connectivity index (χ0n) is 18.5. The summed E-state index contributed by atoms with van der Waals surface area (Å²) in [5.74, 6) is -0.255. The molecule has 1 saturated heterocycles. The lowest BCUT2D eigenvalue weighted by Crippen LogP contribution is -2.44. The van der Waals surface area contributed by atoms with E-state index in [1.165, 1.54) is 23.0 Å². The molecule has 1 fully saturated rings. The average molecular weight is 491 g/mol. The van der Waals surface area contributed by atoms with Gasteiger partial charge in [-0.05, 0) is 48.9 Å². The molecule has 4 rings (SSSR count). The summed E-state index contributed by atoms with van der Waals surface area (Å²) in [5, 5.41) is 3.03. The molecule has 0 bridgehead atoms. The molecule has 0 aliphatic carbocycles. The van der Waals surface area contributed by atoms with Crippen molar-refractivity contribution in [2.24, 2.45) is 11.8 Å². The minimum atomic E-state index is -0.510. The second-order valence-electron chi connectivity index (χ2n) is 8.74. The molecule has 174 valence electrons. The minimum Gasteiger partial charge on any atom is -0.341 e. The van der Waals surface area contributed by atoms with E-state index in [1.54, 1.807) is 11.8 Å². The van der Waals surface area contributed by atoms with E-state index in [-0.39, 0.29) is 28.7 Å². The number of aryl methyl sites for hydroxylation is 1. The van der Waals surface area contributed by atoms with E-state index in [4.69, 9.17) is 11.6 Å². The Morgan fingerprint density at radius 1 is 1.27 bits per heavy atom. The highest BCUT2D eigenvalue weighted by Gasteiger charge is 2.26. The lowest BCUT2D eigenvalue weighted by Gasteiger charge is -2.35. The largest absolute Gasteiger partial charge is 0.341 e. The minimum absolute atomic E-state index is 0.0717. The van der Waals surface area contributed by atoms with Crippen LogP contribution < -0.4 is 10.9 Å². The van der Waals surface area contributed by atoms with Crippen LogP contribution in [-0.4, -0.2) is 39.4 Å². The molecule has 1 aliphatic rings. The van der Waals surface area contributed by atoms with Gasteiger partial charge in [0.15, 0.2) is 0 Å². The van der Waals surface area contributed by atoms with Crippen LogP contribution in [0.3, 0.4) is 0 Å². The van der Waals surface area contributed by atoms with Crippen molar-refractivity contribution in [1.29, 1.82) is 0 Å². The van der Waals surface area contributed by atoms with E-state index in [9.17, 15) is 18.8 Å². The van der Waals surface area contributed by atoms with Crippen LogP contribution in [0.5, 0.6) is 0 Å². The van der Waals surface area contributed by atoms with Gasteiger partial charge in [0, 0.05) is 13.1 Å². The average Bonchev–Trinajstić information content (AvgIpc) is 3.08. The highest BCUT2D eigenvalue weighted by Crippen LogP contribution is 2.29. The monoisotopic (exact) mass is 490 g/mol. The number of fused-ring (bicyclic) bond motifs is 1. The molecule has 1 aliphatic heterocycles. The van der Waals surface area contributed by atoms with Gasteiger partial charge in [-0.2, -0.15) is 0 Å². The van der Waals surface area contributed by atoms with Crippen LogP contribution in [0.15, 0.2) is 29.3 Å². The molecule has 0 saturated carbocycles. The summed E-state index contributed by atoms with van der Waals surface area (Å²) in [7, 11) is 0. The van der Waals surface area contributed by atoms with Crippen LogP contribution in [-0.2, 0) is 11.3 Å². The highest BCUT2D eigenvalue weighted by molar-refractivity contribution is 7.20. The van der Waals surface area contributed by atoms with Crippen molar-refractivity contribution in [2.45, 2.75) is 33.7 Å². The smallest absolute Gasteiger partial charge is 0.266 e. The second-order valence-corrected chi connectivity index (χ2v) is 10.1. The lowest BCUT2D eigenvalue weighted by molar-refractivity contribution is -0.134. The maximum atomic E-state index is 13.3. The van der Waals surface area contributed by atoms with Crippen LogP contribution in [0.1, 0.15) is 35.5 Å². The Balaban J connectivity index is 1.59. The molecule has 0 radical (unpaired) electrons. The van der Waals surface area contributed by atoms with Crippen molar-refractivity contribution in [3.8, 4) is 0 Å². The third-order valence-electron chi connectivity index (χ3n) is 5.83. The number of piperidine rings is 1. The molecule has 2 amide bonds. The predicted molar refractivity (Wildman–Crippen MR) is 128 cm³/mol. The SMILES string of the molecule is Cc1c(C(=O)Nc2ccc(F)cc2Cl)sc2ncn(CC(=O)N3CC(C)CC(C)C3)c(=O)c12. The van der Waals surface area contributed by atoms with Crippen LogP contribution in [0.25, 0.3) is 10.2 Å². The summed E-state index contributed by atoms with van der Waals surface area (Å²) in [5.41, 5.74) is 0.380. The maximum Gasteiger partial charge on any atom is 0.266 e. The van der Waals surface area contributed by atoms with Crippen molar-refractivity contribution in [2.75, 3.05) is 18.4 Å². The zero-order valence-corrected chi connectivity index (χ0v) is 20.1. The van der Waals surface area contributed by atoms with Crippen molar-refractivity contribution in [3.05, 3.63) is 56.2 Å². The Labute approximate surface area is 199 Å². The summed E-state index contributed by atoms with van der Waals surface area (Å²) in [6.45, 7) is 7.18. The van der Waals surface area contributed by atoms with Gasteiger partial charge in [0.1, 0.15) is 17.2 Å². The van der Waals surface area contributed by atoms with Crippen LogP contribution in [0.4, 0.5) is 10.1 Å². The molecule has 2 aromatic heterocycles. The third kappa shape index (κ3) is 4.79. The molecule has 33 heavy (non-hydrogen) atoms. The number of carbonyl (C=O) groups is 2. The Hall–Kier alpha value is -2.78. The van der Waals surface area contributed by atoms with Crippen molar-refractivity contribution >= 4 is 50.7 Å². The zero-order chi connectivity index (χ0) is 23.9. The Morgan fingerprint density at radius 3 is 2.64 bits per heavy atom. The van der Waals surface area contributed by atoms with Crippen molar-refractivity contribution in [3.63, 3.8) is 0 Å². The van der Waals surface area contributed by atoms with Gasteiger partial charge >= 0.3 is 0 Å². The number of thiophene rings is 1. The van der Waals surface area contributed by atoms with Gasteiger partial charge in [-0.25, -0.2) is 9.37 Å². The van der Waals surface area contributed by atoms with Crippen LogP contribution >= 0.6 is 22.9 Å². The van der Waals surface area contributed by atoms with E-state index in [2.05, 4.69) is 24.1 Å². The first-order chi connectivity index (χ1) is 15.6. The standard InChI is InChI=1S/C23H24ClFN4O3S/c1-12-6-13(2)9-28(8-12)18(30)10-29-11-26-22-19(23(29)32)14(3)20(33-22)21(31)27-17-5-4-15(25)7-16(17)24/h4-5,7,11-13H,6,8-10H2,1-3H3,(H,27,31). The van der Waals surface area contributed by atoms with E-state index in [0.717, 1.165) is 23.8 Å². The summed E-state index contributed by atoms with van der Waals surface area (Å²) in [6, 6.07) is 3.67. The molecule has 2 atom stereocenters. The predicted octanol–water partition coefficient (Wildman–Crippen LogP) is 4.32. The molecule has 1 N–H and O–H groups in total. The number of aromatic nitrogens is 2. The number of hydrogen-bond donors (Lipinski definition) is 1. The Kier molecular flexibility index (Phi) is 6.54. The number of rotatable bonds is 4. The van der Waals surface area contributed by atoms with Gasteiger partial charge in [-0.15, -0.1) is 11.3 Å². The first-order valence-corrected chi connectivity index (χ1v) is 11.9. The van der Waals surface area contributed by atoms with Gasteiger partial charge < -0.3 is 10.2 Å². The molecule has 0 spiro atoms. The quantitative estimate of drug-likeness (QED) is 0.590. The Morgan fingerprint density at radius 2 is 1.97 bits per heavy atom. The Bertz CT molecular complexity index is 1290. The number of halogens is 2. The lowest BCUT2D eigenvalue weighted by atomic mass is 9.92. The fourth-order valence-electron chi connectivity index (χ4n) is 4.37. The second kappa shape index (κ2) is 9.23. The first kappa shape index (κ1) is 23.4. The van der Waals surface area contributed by atoms with E-state index in [1.807, 2.05) is 0 Å². The van der Waals surface area contributed by atoms with Gasteiger partial charge in [-0.1, -0.05) is 25.4 Å². The molecular formula is C23H24ClFN4O3S. The number of hydrogen-bond acceptors (Lipinski definition) is 5. The topological polar surface area (TPSA) is 84.3 Å².